The van der Waals surface area contributed by atoms with Gasteiger partial charge in [0.05, 0.1) is 0 Å². The third kappa shape index (κ3) is 3630. The first-order valence-corrected chi connectivity index (χ1v) is 0.894. The molecule has 0 saturated heterocycles. The fourth-order valence-corrected chi connectivity index (χ4v) is 0. The summed E-state index contributed by atoms with van der Waals surface area (Å²) < 4.78 is 0. The van der Waals surface area contributed by atoms with E-state index in [9.17, 15) is 0 Å². The van der Waals surface area contributed by atoms with Crippen LogP contribution in [0.15, 0.2) is 0 Å². The Bertz CT molecular complexity index is 63.1. The third-order valence-corrected chi connectivity index (χ3v) is 0. The maximum Gasteiger partial charge on any atom is 0 e. The van der Waals surface area contributed by atoms with Gasteiger partial charge >= 0.3 is 0 Å². The summed E-state index contributed by atoms with van der Waals surface area (Å²) in [5, 5.41) is 25.0. The van der Waals surface area contributed by atoms with Crippen molar-refractivity contribution in [2.45, 2.75) is 0 Å². The summed E-state index contributed by atoms with van der Waals surface area (Å²) in [6.07, 6.45) is 0. The van der Waals surface area contributed by atoms with Gasteiger partial charge in [-0.05, 0) is 0 Å². The van der Waals surface area contributed by atoms with Gasteiger partial charge in [0.1, 0.15) is 0 Å². The van der Waals surface area contributed by atoms with Crippen molar-refractivity contribution in [3.05, 3.63) is 26.3 Å². The molecule has 0 fully saturated rings. The Kier molecular flexibility index (Phi) is 26100. The molecule has 0 aromatic carbocycles. The van der Waals surface area contributed by atoms with Gasteiger partial charge in [0.15, 0.2) is 0 Å². The minimum Gasteiger partial charge on any atom is -0.512 e. The second-order valence-corrected chi connectivity index (χ2v) is 0. The first kappa shape index (κ1) is 63.1. The van der Waals surface area contributed by atoms with Gasteiger partial charge in [-0.25, -0.2) is 0 Å². The van der Waals surface area contributed by atoms with Crippen molar-refractivity contribution in [2.75, 3.05) is 0 Å². The summed E-state index contributed by atoms with van der Waals surface area (Å²) in [7, 11) is 0. The Hall–Kier alpha value is 0.454. The van der Waals surface area contributed by atoms with Crippen molar-refractivity contribution >= 4 is 59.1 Å². The first-order valence-electron chi connectivity index (χ1n) is 0.894. The van der Waals surface area contributed by atoms with Crippen LogP contribution in [-0.2, 0) is 16.5 Å². The molecule has 0 aliphatic rings. The second-order valence-electron chi connectivity index (χ2n) is 0. The molecule has 0 saturated carbocycles. The van der Waals surface area contributed by atoms with E-state index < -0.39 is 0 Å². The van der Waals surface area contributed by atoms with Gasteiger partial charge in [0.2, 0.25) is 0 Å². The van der Waals surface area contributed by atoms with E-state index in [1.54, 1.807) is 0 Å². The minimum atomic E-state index is 0. The summed E-state index contributed by atoms with van der Waals surface area (Å²) in [6, 6.07) is 0. The molecule has 0 aromatic heterocycles. The average molecular weight is 209 g/mol. The zero-order valence-electron chi connectivity index (χ0n) is 6.11. The SMILES string of the molecule is [C-]#N.[C-]#N.[C-]#N.[C-]#N.[Na].[Na].[Ni]. The molecule has 0 unspecified atom stereocenters. The van der Waals surface area contributed by atoms with Crippen LogP contribution in [0, 0.1) is 47.3 Å². The van der Waals surface area contributed by atoms with E-state index in [0.717, 1.165) is 0 Å². The van der Waals surface area contributed by atoms with E-state index in [2.05, 4.69) is 0 Å². The Balaban J connectivity index is -0.00000000356. The molecule has 0 bridgehead atoms. The molecule has 11 heavy (non-hydrogen) atoms. The largest absolute Gasteiger partial charge is 0.512 e. The fraction of sp³-hybridized carbons (Fsp3) is 0. The monoisotopic (exact) mass is 208 g/mol. The molecule has 0 amide bonds. The van der Waals surface area contributed by atoms with E-state index in [4.69, 9.17) is 47.3 Å². The quantitative estimate of drug-likeness (QED) is 0.401. The van der Waals surface area contributed by atoms with Crippen molar-refractivity contribution in [3.8, 4) is 0 Å². The van der Waals surface area contributed by atoms with E-state index in [-0.39, 0.29) is 75.6 Å². The summed E-state index contributed by atoms with van der Waals surface area (Å²) in [6.45, 7) is 19.0. The summed E-state index contributed by atoms with van der Waals surface area (Å²) in [5.41, 5.74) is 0. The Morgan fingerprint density at radius 3 is 0.455 bits per heavy atom. The van der Waals surface area contributed by atoms with Crippen LogP contribution < -0.4 is 0 Å². The van der Waals surface area contributed by atoms with Crippen molar-refractivity contribution < 1.29 is 16.5 Å². The van der Waals surface area contributed by atoms with Crippen LogP contribution in [0.4, 0.5) is 0 Å². The van der Waals surface area contributed by atoms with Gasteiger partial charge in [0, 0.05) is 75.6 Å². The third-order valence-electron chi connectivity index (χ3n) is 0. The summed E-state index contributed by atoms with van der Waals surface area (Å²) in [4.78, 5) is 0. The Morgan fingerprint density at radius 2 is 0.455 bits per heavy atom. The fourth-order valence-electron chi connectivity index (χ4n) is 0. The standard InChI is InChI=1S/4CN.2Na.Ni/c4*1-2;;;/q4*-1;;;. The van der Waals surface area contributed by atoms with Crippen LogP contribution in [0.2, 0.25) is 0 Å². The number of hydrogen-bond donors (Lipinski definition) is 0. The molecule has 0 heterocycles. The maximum atomic E-state index is 6.25. The van der Waals surface area contributed by atoms with Gasteiger partial charge in [-0.2, -0.15) is 0 Å². The molecular formula is C4N4Na2Ni-4. The average Bonchev–Trinajstić information content (AvgIpc) is 2.03. The minimum absolute atomic E-state index is 0. The first-order chi connectivity index (χ1) is 4.00. The van der Waals surface area contributed by atoms with E-state index in [1.807, 2.05) is 0 Å². The predicted octanol–water partition coefficient (Wildman–Crippen LogP) is -0.379. The molecule has 2 radical (unpaired) electrons. The van der Waals surface area contributed by atoms with Crippen LogP contribution >= 0.6 is 0 Å². The van der Waals surface area contributed by atoms with Gasteiger partial charge in [-0.15, -0.1) is 0 Å². The van der Waals surface area contributed by atoms with Crippen LogP contribution in [0.25, 0.3) is 0 Å². The Morgan fingerprint density at radius 1 is 0.455 bits per heavy atom. The molecule has 7 heteroatoms. The molecule has 0 aliphatic carbocycles. The molecule has 52 valence electrons. The normalized spacial score (nSPS) is 0.727. The summed E-state index contributed by atoms with van der Waals surface area (Å²) in [5.74, 6) is 0. The summed E-state index contributed by atoms with van der Waals surface area (Å²) >= 11 is 0. The predicted molar refractivity (Wildman–Crippen MR) is 31.4 cm³/mol. The zero-order chi connectivity index (χ0) is 8.00. The molecule has 4 nitrogen and oxygen atoms in total. The molecule has 0 spiro atoms. The van der Waals surface area contributed by atoms with Crippen LogP contribution in [-0.4, -0.2) is 59.1 Å². The Labute approximate surface area is 121 Å². The van der Waals surface area contributed by atoms with Gasteiger partial charge in [0.25, 0.3) is 0 Å². The van der Waals surface area contributed by atoms with Crippen molar-refractivity contribution in [1.82, 2.24) is 0 Å². The van der Waals surface area contributed by atoms with Crippen LogP contribution in [0.3, 0.4) is 0 Å². The van der Waals surface area contributed by atoms with Crippen LogP contribution in [0.1, 0.15) is 0 Å². The van der Waals surface area contributed by atoms with E-state index >= 15 is 0 Å². The van der Waals surface area contributed by atoms with E-state index in [0.29, 0.717) is 0 Å². The van der Waals surface area contributed by atoms with Crippen molar-refractivity contribution in [3.63, 3.8) is 0 Å². The van der Waals surface area contributed by atoms with Crippen LogP contribution in [0.5, 0.6) is 0 Å². The smallest absolute Gasteiger partial charge is 0 e. The zero-order valence-corrected chi connectivity index (χ0v) is 11.1. The number of hydrogen-bond acceptors (Lipinski definition) is 4. The van der Waals surface area contributed by atoms with Gasteiger partial charge in [-0.3, -0.25) is 0 Å². The molecule has 0 N–H and O–H groups in total. The molecule has 0 rings (SSSR count). The van der Waals surface area contributed by atoms with Crippen molar-refractivity contribution in [2.24, 2.45) is 0 Å². The topological polar surface area (TPSA) is 95.2 Å². The van der Waals surface area contributed by atoms with Gasteiger partial charge < -0.3 is 47.3 Å². The molecule has 0 aromatic rings. The number of nitrogens with zero attached hydrogens (tertiary/aromatic N) is 4. The maximum absolute atomic E-state index is 6.25. The molecule has 0 atom stereocenters. The molecule has 0 aliphatic heterocycles. The van der Waals surface area contributed by atoms with Crippen molar-refractivity contribution in [1.29, 1.82) is 21.0 Å². The van der Waals surface area contributed by atoms with E-state index in [1.165, 1.54) is 0 Å². The number of rotatable bonds is 0. The van der Waals surface area contributed by atoms with Gasteiger partial charge in [-0.1, -0.05) is 0 Å². The molecular weight excluding hydrogens is 209 g/mol. The second kappa shape index (κ2) is 4540.